The molecule has 7 heteroatoms. The Morgan fingerprint density at radius 1 is 1.36 bits per heavy atom. The van der Waals surface area contributed by atoms with Gasteiger partial charge in [0.2, 0.25) is 0 Å². The predicted octanol–water partition coefficient (Wildman–Crippen LogP) is -1.09. The van der Waals surface area contributed by atoms with Gasteiger partial charge in [-0.2, -0.15) is 0 Å². The van der Waals surface area contributed by atoms with E-state index in [1.807, 2.05) is 0 Å². The van der Waals surface area contributed by atoms with E-state index in [1.165, 1.54) is 0 Å². The fourth-order valence-electron chi connectivity index (χ4n) is 0.275. The van der Waals surface area contributed by atoms with Gasteiger partial charge >= 0.3 is 11.9 Å². The Balaban J connectivity index is -0.000000320. The first-order valence-electron chi connectivity index (χ1n) is 2.24. The quantitative estimate of drug-likeness (QED) is 0.513. The maximum absolute atomic E-state index is 9.85. The van der Waals surface area contributed by atoms with Crippen LogP contribution in [0.3, 0.4) is 0 Å². The van der Waals surface area contributed by atoms with Gasteiger partial charge in [0.25, 0.3) is 0 Å². The van der Waals surface area contributed by atoms with Crippen molar-refractivity contribution < 1.29 is 19.8 Å². The van der Waals surface area contributed by atoms with Gasteiger partial charge in [-0.3, -0.25) is 9.59 Å². The molecule has 1 atom stereocenters. The molecular formula is C4H8CaClNO4. The summed E-state index contributed by atoms with van der Waals surface area (Å²) in [5.74, 6) is -2.50. The Morgan fingerprint density at radius 3 is 1.82 bits per heavy atom. The van der Waals surface area contributed by atoms with Gasteiger partial charge in [-0.1, -0.05) is 0 Å². The van der Waals surface area contributed by atoms with Crippen LogP contribution in [0.5, 0.6) is 0 Å². The summed E-state index contributed by atoms with van der Waals surface area (Å²) in [6.45, 7) is 0. The van der Waals surface area contributed by atoms with Crippen LogP contribution in [0.2, 0.25) is 0 Å². The molecule has 4 N–H and O–H groups in total. The number of carbonyl (C=O) groups is 2. The van der Waals surface area contributed by atoms with Crippen LogP contribution in [0.1, 0.15) is 6.42 Å². The van der Waals surface area contributed by atoms with Gasteiger partial charge in [0.05, 0.1) is 6.42 Å². The van der Waals surface area contributed by atoms with Crippen molar-refractivity contribution in [3.05, 3.63) is 0 Å². The van der Waals surface area contributed by atoms with E-state index in [2.05, 4.69) is 0 Å². The van der Waals surface area contributed by atoms with E-state index in [1.54, 1.807) is 0 Å². The van der Waals surface area contributed by atoms with Crippen molar-refractivity contribution in [3.63, 3.8) is 0 Å². The first-order valence-corrected chi connectivity index (χ1v) is 2.24. The van der Waals surface area contributed by atoms with E-state index in [-0.39, 0.29) is 50.1 Å². The van der Waals surface area contributed by atoms with E-state index in [9.17, 15) is 9.59 Å². The fraction of sp³-hybridized carbons (Fsp3) is 0.500. The van der Waals surface area contributed by atoms with Gasteiger partial charge in [-0.15, -0.1) is 12.4 Å². The molecule has 0 aromatic heterocycles. The standard InChI is InChI=1S/C4H7NO4.Ca.ClH/c5-2(4(8)9)1-3(6)7;;/h2H,1,5H2,(H,6,7)(H,8,9);;1H/t2-;;/m0../s1. The number of nitrogens with two attached hydrogens (primary N) is 1. The largest absolute Gasteiger partial charge is 0.481 e. The van der Waals surface area contributed by atoms with Crippen LogP contribution in [0.4, 0.5) is 0 Å². The molecule has 0 saturated heterocycles. The minimum Gasteiger partial charge on any atom is -0.481 e. The third kappa shape index (κ3) is 10.4. The second-order valence-corrected chi connectivity index (χ2v) is 1.54. The molecular weight excluding hydrogens is 202 g/mol. The van der Waals surface area contributed by atoms with Crippen molar-refractivity contribution in [1.82, 2.24) is 0 Å². The average molecular weight is 210 g/mol. The van der Waals surface area contributed by atoms with Crippen molar-refractivity contribution in [2.45, 2.75) is 12.5 Å². The zero-order valence-electron chi connectivity index (χ0n) is 5.69. The van der Waals surface area contributed by atoms with E-state index >= 15 is 0 Å². The van der Waals surface area contributed by atoms with E-state index in [4.69, 9.17) is 15.9 Å². The van der Waals surface area contributed by atoms with Crippen molar-refractivity contribution in [2.75, 3.05) is 0 Å². The molecule has 5 nitrogen and oxygen atoms in total. The first-order chi connectivity index (χ1) is 4.04. The van der Waals surface area contributed by atoms with Gasteiger partial charge in [0.1, 0.15) is 6.04 Å². The number of hydrogen-bond acceptors (Lipinski definition) is 3. The molecule has 0 aliphatic carbocycles. The number of halogens is 1. The summed E-state index contributed by atoms with van der Waals surface area (Å²) in [4.78, 5) is 19.6. The summed E-state index contributed by atoms with van der Waals surface area (Å²) in [5.41, 5.74) is 4.84. The van der Waals surface area contributed by atoms with Gasteiger partial charge in [-0.25, -0.2) is 0 Å². The minimum absolute atomic E-state index is 0. The molecule has 0 unspecified atom stereocenters. The van der Waals surface area contributed by atoms with Crippen LogP contribution in [0.15, 0.2) is 0 Å². The summed E-state index contributed by atoms with van der Waals surface area (Å²) >= 11 is 0. The van der Waals surface area contributed by atoms with Crippen molar-refractivity contribution in [1.29, 1.82) is 0 Å². The average Bonchev–Trinajstić information content (AvgIpc) is 1.63. The maximum atomic E-state index is 9.85. The molecule has 0 spiro atoms. The monoisotopic (exact) mass is 209 g/mol. The van der Waals surface area contributed by atoms with Crippen LogP contribution < -0.4 is 5.73 Å². The van der Waals surface area contributed by atoms with Gasteiger partial charge in [-0.05, 0) is 0 Å². The summed E-state index contributed by atoms with van der Waals surface area (Å²) in [6.07, 6.45) is -0.532. The minimum atomic E-state index is -1.29. The molecule has 2 radical (unpaired) electrons. The Bertz CT molecular complexity index is 142. The van der Waals surface area contributed by atoms with E-state index < -0.39 is 24.4 Å². The smallest absolute Gasteiger partial charge is 0.321 e. The zero-order chi connectivity index (χ0) is 7.44. The Labute approximate surface area is 99.4 Å². The Hall–Kier alpha value is 0.450. The molecule has 0 aliphatic heterocycles. The molecule has 0 amide bonds. The second kappa shape index (κ2) is 8.55. The Kier molecular flexibility index (Phi) is 13.6. The van der Waals surface area contributed by atoms with Crippen molar-refractivity contribution in [2.24, 2.45) is 5.73 Å². The molecule has 0 fully saturated rings. The van der Waals surface area contributed by atoms with Crippen LogP contribution >= 0.6 is 12.4 Å². The molecule has 62 valence electrons. The summed E-state index contributed by atoms with van der Waals surface area (Å²) in [7, 11) is 0. The third-order valence-corrected chi connectivity index (χ3v) is 0.712. The molecule has 0 heterocycles. The topological polar surface area (TPSA) is 101 Å². The van der Waals surface area contributed by atoms with Crippen LogP contribution in [-0.2, 0) is 9.59 Å². The van der Waals surface area contributed by atoms with Gasteiger partial charge < -0.3 is 15.9 Å². The maximum Gasteiger partial charge on any atom is 0.321 e. The van der Waals surface area contributed by atoms with Crippen LogP contribution in [-0.4, -0.2) is 65.9 Å². The fourth-order valence-corrected chi connectivity index (χ4v) is 0.275. The number of rotatable bonds is 3. The van der Waals surface area contributed by atoms with E-state index in [0.717, 1.165) is 0 Å². The number of hydrogen-bond donors (Lipinski definition) is 3. The normalized spacial score (nSPS) is 10.3. The predicted molar refractivity (Wildman–Crippen MR) is 40.9 cm³/mol. The van der Waals surface area contributed by atoms with Gasteiger partial charge in [0, 0.05) is 37.7 Å². The third-order valence-electron chi connectivity index (χ3n) is 0.712. The molecule has 0 aliphatic rings. The summed E-state index contributed by atoms with van der Waals surface area (Å²) in [6, 6.07) is -1.29. The number of aliphatic carboxylic acids is 2. The van der Waals surface area contributed by atoms with E-state index in [0.29, 0.717) is 0 Å². The summed E-state index contributed by atoms with van der Waals surface area (Å²) < 4.78 is 0. The number of carboxylic acids is 2. The summed E-state index contributed by atoms with van der Waals surface area (Å²) in [5, 5.41) is 16.0. The molecule has 0 aromatic rings. The van der Waals surface area contributed by atoms with Gasteiger partial charge in [0.15, 0.2) is 0 Å². The SMILES string of the molecule is Cl.N[C@@H](CC(=O)O)C(=O)O.[Ca]. The molecule has 0 aromatic carbocycles. The molecule has 0 bridgehead atoms. The number of carboxylic acid groups (broad SMARTS) is 2. The zero-order valence-corrected chi connectivity index (χ0v) is 8.71. The molecule has 0 saturated carbocycles. The second-order valence-electron chi connectivity index (χ2n) is 1.54. The van der Waals surface area contributed by atoms with Crippen LogP contribution in [0.25, 0.3) is 0 Å². The van der Waals surface area contributed by atoms with Crippen LogP contribution in [0, 0.1) is 0 Å². The first kappa shape index (κ1) is 17.5. The van der Waals surface area contributed by atoms with Crippen molar-refractivity contribution in [3.8, 4) is 0 Å². The Morgan fingerprint density at radius 2 is 1.73 bits per heavy atom. The van der Waals surface area contributed by atoms with Crippen molar-refractivity contribution >= 4 is 62.1 Å². The molecule has 11 heavy (non-hydrogen) atoms. The molecule has 0 rings (SSSR count).